The minimum absolute atomic E-state index is 0. The smallest absolute Gasteiger partial charge is 0.224 e. The van der Waals surface area contributed by atoms with E-state index in [-0.39, 0.29) is 36.6 Å². The zero-order valence-electron chi connectivity index (χ0n) is 12.8. The fraction of sp³-hybridized carbons (Fsp3) is 0.929. The van der Waals surface area contributed by atoms with Crippen molar-refractivity contribution in [2.75, 3.05) is 52.5 Å². The molecule has 0 spiro atoms. The monoisotopic (exact) mass is 341 g/mol. The van der Waals surface area contributed by atoms with Crippen molar-refractivity contribution in [1.29, 1.82) is 0 Å². The molecule has 2 unspecified atom stereocenters. The number of amides is 1. The highest BCUT2D eigenvalue weighted by molar-refractivity contribution is 5.85. The maximum atomic E-state index is 12.0. The Morgan fingerprint density at radius 1 is 1.38 bits per heavy atom. The summed E-state index contributed by atoms with van der Waals surface area (Å²) < 4.78 is 5.34. The number of morpholine rings is 1. The van der Waals surface area contributed by atoms with Crippen LogP contribution < -0.4 is 10.6 Å². The Hall–Kier alpha value is -0.0700. The van der Waals surface area contributed by atoms with Crippen LogP contribution in [-0.2, 0) is 9.53 Å². The van der Waals surface area contributed by atoms with Crippen LogP contribution in [0.4, 0.5) is 0 Å². The molecule has 2 rings (SSSR count). The standard InChI is InChI=1S/C14H27N3O2.2ClH/c1-12(11-17-5-7-19-8-6-17)9-16-14(18)13-3-2-4-15-10-13;;/h12-13,15H,2-11H2,1H3,(H,16,18);2*1H. The van der Waals surface area contributed by atoms with E-state index in [2.05, 4.69) is 22.5 Å². The van der Waals surface area contributed by atoms with Gasteiger partial charge in [0.25, 0.3) is 0 Å². The van der Waals surface area contributed by atoms with Crippen LogP contribution in [0, 0.1) is 11.8 Å². The largest absolute Gasteiger partial charge is 0.379 e. The predicted molar refractivity (Wildman–Crippen MR) is 89.5 cm³/mol. The van der Waals surface area contributed by atoms with Crippen molar-refractivity contribution < 1.29 is 9.53 Å². The number of rotatable bonds is 5. The maximum Gasteiger partial charge on any atom is 0.224 e. The van der Waals surface area contributed by atoms with E-state index in [1.165, 1.54) is 0 Å². The van der Waals surface area contributed by atoms with Gasteiger partial charge in [0, 0.05) is 32.7 Å². The maximum absolute atomic E-state index is 12.0. The van der Waals surface area contributed by atoms with Crippen molar-refractivity contribution in [2.24, 2.45) is 11.8 Å². The number of hydrogen-bond donors (Lipinski definition) is 2. The van der Waals surface area contributed by atoms with Crippen molar-refractivity contribution in [3.63, 3.8) is 0 Å². The summed E-state index contributed by atoms with van der Waals surface area (Å²) in [5, 5.41) is 6.39. The number of halogens is 2. The predicted octanol–water partition coefficient (Wildman–Crippen LogP) is 0.914. The molecule has 0 aromatic carbocycles. The van der Waals surface area contributed by atoms with Crippen molar-refractivity contribution in [3.05, 3.63) is 0 Å². The quantitative estimate of drug-likeness (QED) is 0.780. The zero-order valence-corrected chi connectivity index (χ0v) is 14.4. The molecule has 2 aliphatic rings. The molecule has 5 nitrogen and oxygen atoms in total. The number of piperidine rings is 1. The third-order valence-electron chi connectivity index (χ3n) is 3.97. The van der Waals surface area contributed by atoms with E-state index in [1.807, 2.05) is 0 Å². The molecule has 0 radical (unpaired) electrons. The lowest BCUT2D eigenvalue weighted by Gasteiger charge is -2.29. The van der Waals surface area contributed by atoms with Gasteiger partial charge in [-0.25, -0.2) is 0 Å². The summed E-state index contributed by atoms with van der Waals surface area (Å²) in [6.07, 6.45) is 2.14. The number of hydrogen-bond acceptors (Lipinski definition) is 4. The second-order valence-electron chi connectivity index (χ2n) is 5.81. The molecule has 0 saturated carbocycles. The van der Waals surface area contributed by atoms with E-state index >= 15 is 0 Å². The van der Waals surface area contributed by atoms with E-state index in [1.54, 1.807) is 0 Å². The van der Waals surface area contributed by atoms with Crippen molar-refractivity contribution in [1.82, 2.24) is 15.5 Å². The van der Waals surface area contributed by atoms with Gasteiger partial charge in [0.15, 0.2) is 0 Å². The molecule has 2 saturated heterocycles. The lowest BCUT2D eigenvalue weighted by atomic mass is 9.98. The summed E-state index contributed by atoms with van der Waals surface area (Å²) in [6.45, 7) is 9.64. The lowest BCUT2D eigenvalue weighted by Crippen LogP contribution is -2.44. The Bertz CT molecular complexity index is 283. The van der Waals surface area contributed by atoms with Crippen LogP contribution in [-0.4, -0.2) is 63.3 Å². The molecule has 0 aliphatic carbocycles. The van der Waals surface area contributed by atoms with E-state index in [0.29, 0.717) is 5.92 Å². The third-order valence-corrected chi connectivity index (χ3v) is 3.97. The van der Waals surface area contributed by atoms with E-state index in [0.717, 1.165) is 65.3 Å². The molecule has 2 heterocycles. The molecule has 21 heavy (non-hydrogen) atoms. The van der Waals surface area contributed by atoms with E-state index in [4.69, 9.17) is 4.74 Å². The Morgan fingerprint density at radius 2 is 2.10 bits per heavy atom. The highest BCUT2D eigenvalue weighted by Gasteiger charge is 2.21. The second-order valence-corrected chi connectivity index (χ2v) is 5.81. The second kappa shape index (κ2) is 11.5. The first-order chi connectivity index (χ1) is 9.25. The van der Waals surface area contributed by atoms with Gasteiger partial charge in [-0.2, -0.15) is 0 Å². The fourth-order valence-electron chi connectivity index (χ4n) is 2.78. The van der Waals surface area contributed by atoms with Crippen LogP contribution in [0.1, 0.15) is 19.8 Å². The third kappa shape index (κ3) is 7.66. The summed E-state index contributed by atoms with van der Waals surface area (Å²) in [4.78, 5) is 14.4. The number of carbonyl (C=O) groups is 1. The lowest BCUT2D eigenvalue weighted by molar-refractivity contribution is -0.125. The Labute approximate surface area is 140 Å². The molecule has 0 aromatic rings. The van der Waals surface area contributed by atoms with Gasteiger partial charge in [-0.15, -0.1) is 24.8 Å². The highest BCUT2D eigenvalue weighted by Crippen LogP contribution is 2.10. The molecule has 0 aromatic heterocycles. The van der Waals surface area contributed by atoms with Crippen LogP contribution in [0.5, 0.6) is 0 Å². The molecule has 2 atom stereocenters. The average Bonchev–Trinajstić information content (AvgIpc) is 2.47. The Balaban J connectivity index is 0.00000200. The number of ether oxygens (including phenoxy) is 1. The summed E-state index contributed by atoms with van der Waals surface area (Å²) in [7, 11) is 0. The first-order valence-corrected chi connectivity index (χ1v) is 7.54. The SMILES string of the molecule is CC(CNC(=O)C1CCCNC1)CN1CCOCC1.Cl.Cl. The van der Waals surface area contributed by atoms with E-state index in [9.17, 15) is 4.79 Å². The van der Waals surface area contributed by atoms with Crippen LogP contribution in [0.15, 0.2) is 0 Å². The molecule has 2 fully saturated rings. The van der Waals surface area contributed by atoms with Gasteiger partial charge in [-0.1, -0.05) is 6.92 Å². The molecule has 2 N–H and O–H groups in total. The van der Waals surface area contributed by atoms with Gasteiger partial charge in [0.1, 0.15) is 0 Å². The summed E-state index contributed by atoms with van der Waals surface area (Å²) >= 11 is 0. The molecule has 126 valence electrons. The molecule has 7 heteroatoms. The molecule has 0 bridgehead atoms. The summed E-state index contributed by atoms with van der Waals surface area (Å²) in [5.41, 5.74) is 0. The minimum atomic E-state index is 0. The van der Waals surface area contributed by atoms with Crippen LogP contribution >= 0.6 is 24.8 Å². The summed E-state index contributed by atoms with van der Waals surface area (Å²) in [5.74, 6) is 0.893. The van der Waals surface area contributed by atoms with Gasteiger partial charge >= 0.3 is 0 Å². The van der Waals surface area contributed by atoms with Crippen LogP contribution in [0.3, 0.4) is 0 Å². The topological polar surface area (TPSA) is 53.6 Å². The van der Waals surface area contributed by atoms with Gasteiger partial charge < -0.3 is 15.4 Å². The molecular weight excluding hydrogens is 313 g/mol. The fourth-order valence-corrected chi connectivity index (χ4v) is 2.78. The van der Waals surface area contributed by atoms with Crippen LogP contribution in [0.25, 0.3) is 0 Å². The van der Waals surface area contributed by atoms with Crippen molar-refractivity contribution in [3.8, 4) is 0 Å². The van der Waals surface area contributed by atoms with Crippen molar-refractivity contribution >= 4 is 30.7 Å². The molecule has 1 amide bonds. The summed E-state index contributed by atoms with van der Waals surface area (Å²) in [6, 6.07) is 0. The minimum Gasteiger partial charge on any atom is -0.379 e. The first kappa shape index (κ1) is 20.9. The highest BCUT2D eigenvalue weighted by atomic mass is 35.5. The Kier molecular flexibility index (Phi) is 11.5. The van der Waals surface area contributed by atoms with Crippen LogP contribution in [0.2, 0.25) is 0 Å². The normalized spacial score (nSPS) is 24.3. The molecule has 2 aliphatic heterocycles. The van der Waals surface area contributed by atoms with Gasteiger partial charge in [0.2, 0.25) is 5.91 Å². The van der Waals surface area contributed by atoms with Gasteiger partial charge in [-0.05, 0) is 25.3 Å². The zero-order chi connectivity index (χ0) is 13.5. The van der Waals surface area contributed by atoms with E-state index < -0.39 is 0 Å². The Morgan fingerprint density at radius 3 is 2.71 bits per heavy atom. The van der Waals surface area contributed by atoms with Gasteiger partial charge in [0.05, 0.1) is 19.1 Å². The number of nitrogens with one attached hydrogen (secondary N) is 2. The molecular formula is C14H29Cl2N3O2. The van der Waals surface area contributed by atoms with Crippen molar-refractivity contribution in [2.45, 2.75) is 19.8 Å². The number of carbonyl (C=O) groups excluding carboxylic acids is 1. The number of nitrogens with zero attached hydrogens (tertiary/aromatic N) is 1. The average molecular weight is 342 g/mol. The first-order valence-electron chi connectivity index (χ1n) is 7.54. The van der Waals surface area contributed by atoms with Gasteiger partial charge in [-0.3, -0.25) is 9.69 Å².